The van der Waals surface area contributed by atoms with E-state index in [9.17, 15) is 19.5 Å². The van der Waals surface area contributed by atoms with Crippen molar-refractivity contribution in [1.29, 1.82) is 0 Å². The van der Waals surface area contributed by atoms with Crippen LogP contribution < -0.4 is 21.9 Å². The molecule has 0 aromatic carbocycles. The van der Waals surface area contributed by atoms with Crippen molar-refractivity contribution in [2.45, 2.75) is 13.0 Å². The third-order valence-electron chi connectivity index (χ3n) is 2.89. The second-order valence-corrected chi connectivity index (χ2v) is 5.10. The molecule has 0 radical (unpaired) electrons. The van der Waals surface area contributed by atoms with Crippen molar-refractivity contribution in [3.05, 3.63) is 36.7 Å². The van der Waals surface area contributed by atoms with E-state index in [4.69, 9.17) is 0 Å². The maximum absolute atomic E-state index is 11.3. The van der Waals surface area contributed by atoms with Crippen molar-refractivity contribution in [2.75, 3.05) is 12.0 Å². The number of carbonyl (C=O) groups is 1. The van der Waals surface area contributed by atoms with Crippen molar-refractivity contribution in [3.63, 3.8) is 0 Å². The Hall–Kier alpha value is -1.93. The Balaban J connectivity index is 2.05. The van der Waals surface area contributed by atoms with Gasteiger partial charge in [0.2, 0.25) is 0 Å². The standard InChI is InChI=1S/C10H9N3O4S/c14-8-9(15)13(8)12-7-6(10(16)17)4-1-2-11-3-5(4)18-7/h11-12H,1-3H2,(H,16,17). The number of hydrogen-bond donors (Lipinski definition) is 3. The number of fused-ring (bicyclic) bond motifs is 1. The quantitative estimate of drug-likeness (QED) is 0.640. The van der Waals surface area contributed by atoms with Gasteiger partial charge in [0.15, 0.2) is 0 Å². The lowest BCUT2D eigenvalue weighted by Gasteiger charge is -2.12. The van der Waals surface area contributed by atoms with Crippen LogP contribution in [0.25, 0.3) is 0 Å². The minimum atomic E-state index is -1.04. The van der Waals surface area contributed by atoms with Crippen molar-refractivity contribution in [3.8, 4) is 0 Å². The molecule has 0 unspecified atom stereocenters. The maximum Gasteiger partial charge on any atom is 0.340 e. The largest absolute Gasteiger partial charge is 0.478 e. The van der Waals surface area contributed by atoms with Gasteiger partial charge in [0, 0.05) is 11.4 Å². The van der Waals surface area contributed by atoms with Crippen molar-refractivity contribution < 1.29 is 9.90 Å². The zero-order valence-corrected chi connectivity index (χ0v) is 9.97. The van der Waals surface area contributed by atoms with E-state index in [-0.39, 0.29) is 5.56 Å². The first-order valence-corrected chi connectivity index (χ1v) is 6.15. The molecule has 7 nitrogen and oxygen atoms in total. The number of aromatic carboxylic acids is 1. The number of carboxylic acids is 1. The second-order valence-electron chi connectivity index (χ2n) is 4.00. The smallest absolute Gasteiger partial charge is 0.340 e. The average Bonchev–Trinajstić information content (AvgIpc) is 2.78. The zero-order valence-electron chi connectivity index (χ0n) is 9.15. The molecule has 8 heteroatoms. The van der Waals surface area contributed by atoms with E-state index in [1.165, 1.54) is 11.3 Å². The lowest BCUT2D eigenvalue weighted by molar-refractivity contribution is 0.0697. The highest BCUT2D eigenvalue weighted by Crippen LogP contribution is 2.35. The van der Waals surface area contributed by atoms with Gasteiger partial charge in [-0.05, 0) is 18.5 Å². The summed E-state index contributed by atoms with van der Waals surface area (Å²) in [6, 6.07) is 0. The fraction of sp³-hybridized carbons (Fsp3) is 0.300. The summed E-state index contributed by atoms with van der Waals surface area (Å²) in [6.45, 7) is 1.34. The van der Waals surface area contributed by atoms with Gasteiger partial charge >= 0.3 is 17.1 Å². The SMILES string of the molecule is O=C(O)c1c(Nn2c(=O)c2=O)sc2c1CCNC2. The van der Waals surface area contributed by atoms with E-state index in [1.54, 1.807) is 0 Å². The predicted octanol–water partition coefficient (Wildman–Crippen LogP) is -0.635. The summed E-state index contributed by atoms with van der Waals surface area (Å²) >= 11 is 1.26. The topological polar surface area (TPSA) is 100 Å². The van der Waals surface area contributed by atoms with Gasteiger partial charge in [-0.2, -0.15) is 4.68 Å². The van der Waals surface area contributed by atoms with Gasteiger partial charge in [0.1, 0.15) is 5.00 Å². The maximum atomic E-state index is 11.3. The van der Waals surface area contributed by atoms with Crippen LogP contribution in [0.15, 0.2) is 9.59 Å². The van der Waals surface area contributed by atoms with Crippen molar-refractivity contribution in [2.24, 2.45) is 0 Å². The molecule has 0 saturated heterocycles. The van der Waals surface area contributed by atoms with E-state index in [0.29, 0.717) is 18.0 Å². The fourth-order valence-electron chi connectivity index (χ4n) is 1.98. The summed E-state index contributed by atoms with van der Waals surface area (Å²) in [5.74, 6) is -1.04. The van der Waals surface area contributed by atoms with Crippen LogP contribution >= 0.6 is 11.3 Å². The molecule has 0 aliphatic carbocycles. The van der Waals surface area contributed by atoms with Crippen LogP contribution in [0.4, 0.5) is 5.00 Å². The molecule has 0 saturated carbocycles. The monoisotopic (exact) mass is 267 g/mol. The minimum Gasteiger partial charge on any atom is -0.478 e. The number of anilines is 1. The van der Waals surface area contributed by atoms with Gasteiger partial charge < -0.3 is 10.4 Å². The van der Waals surface area contributed by atoms with Crippen LogP contribution in [0.3, 0.4) is 0 Å². The highest BCUT2D eigenvalue weighted by Gasteiger charge is 2.27. The number of nitrogens with zero attached hydrogens (tertiary/aromatic N) is 1. The van der Waals surface area contributed by atoms with Crippen LogP contribution in [0.1, 0.15) is 20.8 Å². The summed E-state index contributed by atoms with van der Waals surface area (Å²) in [4.78, 5) is 34.0. The first-order chi connectivity index (χ1) is 8.59. The first-order valence-electron chi connectivity index (χ1n) is 5.33. The van der Waals surface area contributed by atoms with Gasteiger partial charge in [-0.25, -0.2) is 4.79 Å². The highest BCUT2D eigenvalue weighted by molar-refractivity contribution is 7.16. The molecule has 0 fully saturated rings. The normalized spacial score (nSPS) is 14.7. The van der Waals surface area contributed by atoms with Crippen LogP contribution in [0.2, 0.25) is 0 Å². The number of carboxylic acid groups (broad SMARTS) is 1. The molecule has 3 rings (SSSR count). The fourth-order valence-corrected chi connectivity index (χ4v) is 3.18. The Labute approximate surface area is 104 Å². The molecule has 18 heavy (non-hydrogen) atoms. The van der Waals surface area contributed by atoms with Crippen molar-refractivity contribution >= 4 is 22.3 Å². The zero-order chi connectivity index (χ0) is 12.9. The summed E-state index contributed by atoms with van der Waals surface area (Å²) in [7, 11) is 0. The molecular weight excluding hydrogens is 258 g/mol. The Kier molecular flexibility index (Phi) is 2.35. The van der Waals surface area contributed by atoms with Gasteiger partial charge in [-0.3, -0.25) is 15.0 Å². The Bertz CT molecular complexity index is 682. The first kappa shape index (κ1) is 11.2. The molecule has 1 aliphatic rings. The number of aromatic nitrogens is 1. The highest BCUT2D eigenvalue weighted by atomic mass is 32.1. The number of thiophene rings is 1. The molecule has 0 atom stereocenters. The average molecular weight is 267 g/mol. The third-order valence-corrected chi connectivity index (χ3v) is 4.03. The molecular formula is C10H9N3O4S. The van der Waals surface area contributed by atoms with Crippen LogP contribution in [-0.4, -0.2) is 22.3 Å². The summed E-state index contributed by atoms with van der Waals surface area (Å²) in [5.41, 5.74) is 2.24. The van der Waals surface area contributed by atoms with Gasteiger partial charge in [-0.15, -0.1) is 11.3 Å². The number of rotatable bonds is 3. The summed E-state index contributed by atoms with van der Waals surface area (Å²) in [5, 5.41) is 12.7. The summed E-state index contributed by atoms with van der Waals surface area (Å²) in [6.07, 6.45) is 0.636. The molecule has 3 N–H and O–H groups in total. The molecule has 2 aromatic heterocycles. The van der Waals surface area contributed by atoms with Crippen LogP contribution in [-0.2, 0) is 13.0 Å². The molecule has 94 valence electrons. The van der Waals surface area contributed by atoms with E-state index < -0.39 is 17.1 Å². The van der Waals surface area contributed by atoms with Crippen molar-refractivity contribution in [1.82, 2.24) is 9.99 Å². The van der Waals surface area contributed by atoms with E-state index in [0.717, 1.165) is 21.7 Å². The van der Waals surface area contributed by atoms with E-state index in [1.807, 2.05) is 0 Å². The Morgan fingerprint density at radius 1 is 1.39 bits per heavy atom. The second kappa shape index (κ2) is 3.79. The van der Waals surface area contributed by atoms with Gasteiger partial charge in [-0.1, -0.05) is 0 Å². The summed E-state index contributed by atoms with van der Waals surface area (Å²) < 4.78 is 0.817. The third kappa shape index (κ3) is 1.57. The van der Waals surface area contributed by atoms with E-state index in [2.05, 4.69) is 10.7 Å². The lowest BCUT2D eigenvalue weighted by Crippen LogP contribution is -2.23. The van der Waals surface area contributed by atoms with Crippen LogP contribution in [0.5, 0.6) is 0 Å². The molecule has 1 aliphatic heterocycles. The predicted molar refractivity (Wildman–Crippen MR) is 65.1 cm³/mol. The van der Waals surface area contributed by atoms with Gasteiger partial charge in [0.05, 0.1) is 5.56 Å². The van der Waals surface area contributed by atoms with Gasteiger partial charge in [0.25, 0.3) is 0 Å². The Morgan fingerprint density at radius 3 is 2.72 bits per heavy atom. The minimum absolute atomic E-state index is 0.170. The molecule has 3 heterocycles. The van der Waals surface area contributed by atoms with E-state index >= 15 is 0 Å². The molecule has 0 amide bonds. The number of hydrogen-bond acceptors (Lipinski definition) is 6. The number of nitrogens with one attached hydrogen (secondary N) is 2. The lowest BCUT2D eigenvalue weighted by atomic mass is 10.0. The Morgan fingerprint density at radius 2 is 2.11 bits per heavy atom. The molecule has 0 bridgehead atoms. The molecule has 0 spiro atoms. The molecule has 2 aromatic rings. The van der Waals surface area contributed by atoms with Crippen LogP contribution in [0, 0.1) is 0 Å².